The summed E-state index contributed by atoms with van der Waals surface area (Å²) in [5.41, 5.74) is 0.833. The Morgan fingerprint density at radius 2 is 2.46 bits per heavy atom. The number of hydrogen-bond donors (Lipinski definition) is 1. The predicted octanol–water partition coefficient (Wildman–Crippen LogP) is -0.151. The maximum atomic E-state index is 8.65. The molecule has 0 atom stereocenters. The van der Waals surface area contributed by atoms with E-state index >= 15 is 0 Å². The van der Waals surface area contributed by atoms with Crippen LogP contribution in [0.15, 0.2) is 6.20 Å². The van der Waals surface area contributed by atoms with Crippen molar-refractivity contribution < 1.29 is 9.84 Å². The van der Waals surface area contributed by atoms with Crippen LogP contribution in [0.1, 0.15) is 12.1 Å². The van der Waals surface area contributed by atoms with Gasteiger partial charge in [0.15, 0.2) is 0 Å². The Hall–Kier alpha value is -0.940. The molecule has 0 aliphatic heterocycles. The summed E-state index contributed by atoms with van der Waals surface area (Å²) in [6.45, 7) is 1.66. The molecule has 0 amide bonds. The molecule has 0 unspecified atom stereocenters. The first kappa shape index (κ1) is 10.1. The van der Waals surface area contributed by atoms with Gasteiger partial charge in [-0.1, -0.05) is 5.21 Å². The van der Waals surface area contributed by atoms with E-state index in [9.17, 15) is 0 Å². The minimum atomic E-state index is 0.122. The van der Waals surface area contributed by atoms with Gasteiger partial charge in [0.1, 0.15) is 0 Å². The van der Waals surface area contributed by atoms with Gasteiger partial charge < -0.3 is 9.84 Å². The Balaban J connectivity index is 2.31. The first-order valence-electron chi connectivity index (χ1n) is 4.35. The Bertz CT molecular complexity index is 237. The Morgan fingerprint density at radius 3 is 3.15 bits per heavy atom. The van der Waals surface area contributed by atoms with Crippen molar-refractivity contribution in [3.05, 3.63) is 11.9 Å². The van der Waals surface area contributed by atoms with Gasteiger partial charge in [0.05, 0.1) is 5.69 Å². The van der Waals surface area contributed by atoms with Gasteiger partial charge in [0, 0.05) is 39.5 Å². The van der Waals surface area contributed by atoms with Crippen LogP contribution in [0.5, 0.6) is 0 Å². The maximum Gasteiger partial charge on any atom is 0.0849 e. The lowest BCUT2D eigenvalue weighted by atomic mass is 10.3. The molecule has 5 nitrogen and oxygen atoms in total. The number of hydrogen-bond acceptors (Lipinski definition) is 4. The molecule has 5 heteroatoms. The molecule has 13 heavy (non-hydrogen) atoms. The van der Waals surface area contributed by atoms with E-state index in [1.54, 1.807) is 11.8 Å². The molecule has 0 spiro atoms. The molecule has 1 rings (SSSR count). The molecule has 1 aromatic heterocycles. The van der Waals surface area contributed by atoms with Crippen molar-refractivity contribution in [3.63, 3.8) is 0 Å². The zero-order valence-electron chi connectivity index (χ0n) is 7.81. The Labute approximate surface area is 77.3 Å². The van der Waals surface area contributed by atoms with Crippen LogP contribution >= 0.6 is 0 Å². The largest absolute Gasteiger partial charge is 0.396 e. The van der Waals surface area contributed by atoms with Gasteiger partial charge in [-0.3, -0.25) is 4.68 Å². The smallest absolute Gasteiger partial charge is 0.0849 e. The van der Waals surface area contributed by atoms with E-state index in [-0.39, 0.29) is 6.61 Å². The molecule has 0 aliphatic rings. The summed E-state index contributed by atoms with van der Waals surface area (Å²) in [6.07, 6.45) is 3.36. The third-order valence-electron chi connectivity index (χ3n) is 1.69. The molecule has 1 aromatic rings. The number of aromatic nitrogens is 3. The lowest BCUT2D eigenvalue weighted by Gasteiger charge is -1.97. The zero-order chi connectivity index (χ0) is 9.52. The van der Waals surface area contributed by atoms with E-state index in [0.29, 0.717) is 6.42 Å². The van der Waals surface area contributed by atoms with Crippen LogP contribution in [-0.4, -0.2) is 40.4 Å². The highest BCUT2D eigenvalue weighted by molar-refractivity contribution is 4.91. The monoisotopic (exact) mass is 185 g/mol. The highest BCUT2D eigenvalue weighted by Gasteiger charge is 1.98. The zero-order valence-corrected chi connectivity index (χ0v) is 7.81. The van der Waals surface area contributed by atoms with Crippen molar-refractivity contribution in [1.82, 2.24) is 15.0 Å². The molecule has 0 fully saturated rings. The number of aliphatic hydroxyl groups is 1. The number of nitrogens with zero attached hydrogens (tertiary/aromatic N) is 3. The van der Waals surface area contributed by atoms with Crippen LogP contribution < -0.4 is 0 Å². The molecule has 0 radical (unpaired) electrons. The Kier molecular flexibility index (Phi) is 4.42. The lowest BCUT2D eigenvalue weighted by Crippen LogP contribution is -2.01. The summed E-state index contributed by atoms with van der Waals surface area (Å²) in [5, 5.41) is 16.4. The van der Waals surface area contributed by atoms with Crippen LogP contribution in [0.2, 0.25) is 0 Å². The summed E-state index contributed by atoms with van der Waals surface area (Å²) in [5.74, 6) is 0. The molecular formula is C8H15N3O2. The third kappa shape index (κ3) is 3.52. The highest BCUT2D eigenvalue weighted by Crippen LogP contribution is 1.95. The van der Waals surface area contributed by atoms with Gasteiger partial charge in [-0.25, -0.2) is 0 Å². The normalized spacial score (nSPS) is 10.6. The second kappa shape index (κ2) is 5.66. The minimum Gasteiger partial charge on any atom is -0.396 e. The molecule has 1 heterocycles. The number of aliphatic hydroxyl groups excluding tert-OH is 1. The quantitative estimate of drug-likeness (QED) is 0.626. The molecule has 74 valence electrons. The second-order valence-corrected chi connectivity index (χ2v) is 2.79. The number of rotatable bonds is 6. The molecule has 0 aromatic carbocycles. The second-order valence-electron chi connectivity index (χ2n) is 2.79. The lowest BCUT2D eigenvalue weighted by molar-refractivity contribution is 0.188. The summed E-state index contributed by atoms with van der Waals surface area (Å²) < 4.78 is 6.68. The predicted molar refractivity (Wildman–Crippen MR) is 47.3 cm³/mol. The summed E-state index contributed by atoms with van der Waals surface area (Å²) in [4.78, 5) is 0. The highest BCUT2D eigenvalue weighted by atomic mass is 16.5. The fourth-order valence-corrected chi connectivity index (χ4v) is 1.05. The first-order valence-corrected chi connectivity index (χ1v) is 4.35. The first-order chi connectivity index (χ1) is 6.36. The van der Waals surface area contributed by atoms with Gasteiger partial charge in [0.2, 0.25) is 0 Å². The van der Waals surface area contributed by atoms with Crippen LogP contribution in [0.4, 0.5) is 0 Å². The van der Waals surface area contributed by atoms with E-state index in [2.05, 4.69) is 10.3 Å². The van der Waals surface area contributed by atoms with Gasteiger partial charge in [-0.05, 0) is 6.42 Å². The molecular weight excluding hydrogens is 170 g/mol. The molecule has 0 saturated heterocycles. The van der Waals surface area contributed by atoms with Crippen molar-refractivity contribution in [3.8, 4) is 0 Å². The summed E-state index contributed by atoms with van der Waals surface area (Å²) in [6, 6.07) is 0. The molecule has 0 aliphatic carbocycles. The van der Waals surface area contributed by atoms with Crippen LogP contribution in [0.25, 0.3) is 0 Å². The van der Waals surface area contributed by atoms with Crippen molar-refractivity contribution in [2.75, 3.05) is 20.3 Å². The maximum absolute atomic E-state index is 8.65. The van der Waals surface area contributed by atoms with E-state index in [1.807, 2.05) is 6.20 Å². The average molecular weight is 185 g/mol. The number of aryl methyl sites for hydroxylation is 1. The molecule has 1 N–H and O–H groups in total. The van der Waals surface area contributed by atoms with E-state index in [0.717, 1.165) is 25.3 Å². The van der Waals surface area contributed by atoms with E-state index in [4.69, 9.17) is 9.84 Å². The topological polar surface area (TPSA) is 60.2 Å². The SMILES string of the molecule is COCCCn1cc(CCO)nn1. The number of methoxy groups -OCH3 is 1. The summed E-state index contributed by atoms with van der Waals surface area (Å²) >= 11 is 0. The van der Waals surface area contributed by atoms with Gasteiger partial charge in [-0.2, -0.15) is 0 Å². The third-order valence-corrected chi connectivity index (χ3v) is 1.69. The van der Waals surface area contributed by atoms with E-state index < -0.39 is 0 Å². The minimum absolute atomic E-state index is 0.122. The van der Waals surface area contributed by atoms with Crippen LogP contribution in [0, 0.1) is 0 Å². The van der Waals surface area contributed by atoms with Crippen molar-refractivity contribution in [2.24, 2.45) is 0 Å². The fourth-order valence-electron chi connectivity index (χ4n) is 1.05. The van der Waals surface area contributed by atoms with E-state index in [1.165, 1.54) is 0 Å². The van der Waals surface area contributed by atoms with Gasteiger partial charge in [0.25, 0.3) is 0 Å². The standard InChI is InChI=1S/C8H15N3O2/c1-13-6-2-4-11-7-8(3-5-12)9-10-11/h7,12H,2-6H2,1H3. The summed E-state index contributed by atoms with van der Waals surface area (Å²) in [7, 11) is 1.68. The molecule has 0 saturated carbocycles. The fraction of sp³-hybridized carbons (Fsp3) is 0.750. The van der Waals surface area contributed by atoms with Gasteiger partial charge >= 0.3 is 0 Å². The van der Waals surface area contributed by atoms with Crippen LogP contribution in [0.3, 0.4) is 0 Å². The average Bonchev–Trinajstić information content (AvgIpc) is 2.54. The van der Waals surface area contributed by atoms with Crippen molar-refractivity contribution >= 4 is 0 Å². The van der Waals surface area contributed by atoms with Crippen molar-refractivity contribution in [1.29, 1.82) is 0 Å². The Morgan fingerprint density at radius 1 is 1.62 bits per heavy atom. The van der Waals surface area contributed by atoms with Gasteiger partial charge in [-0.15, -0.1) is 5.10 Å². The van der Waals surface area contributed by atoms with Crippen molar-refractivity contribution in [2.45, 2.75) is 19.4 Å². The van der Waals surface area contributed by atoms with Crippen LogP contribution in [-0.2, 0) is 17.7 Å². The number of ether oxygens (including phenoxy) is 1. The molecule has 0 bridgehead atoms.